The Morgan fingerprint density at radius 3 is 2.49 bits per heavy atom. The minimum atomic E-state index is -0.528. The Hall–Kier alpha value is -4.80. The molecule has 0 saturated carbocycles. The molecule has 11 nitrogen and oxygen atoms in total. The van der Waals surface area contributed by atoms with E-state index in [1.54, 1.807) is 36.4 Å². The van der Waals surface area contributed by atoms with Crippen LogP contribution in [0.15, 0.2) is 65.1 Å². The number of nitrogens with one attached hydrogen (secondary N) is 1. The van der Waals surface area contributed by atoms with Crippen molar-refractivity contribution in [2.45, 2.75) is 12.8 Å². The molecular weight excluding hydrogens is 454 g/mol. The number of anilines is 2. The molecule has 176 valence electrons. The fourth-order valence-corrected chi connectivity index (χ4v) is 4.15. The molecule has 0 radical (unpaired) electrons. The van der Waals surface area contributed by atoms with Crippen LogP contribution in [0.3, 0.4) is 0 Å². The van der Waals surface area contributed by atoms with E-state index in [1.807, 2.05) is 4.90 Å². The van der Waals surface area contributed by atoms with E-state index in [9.17, 15) is 25.0 Å². The topological polar surface area (TPSA) is 145 Å². The quantitative estimate of drug-likeness (QED) is 0.298. The number of oxazole rings is 1. The zero-order chi connectivity index (χ0) is 24.5. The molecule has 2 heterocycles. The zero-order valence-corrected chi connectivity index (χ0v) is 18.3. The van der Waals surface area contributed by atoms with Crippen LogP contribution in [0.1, 0.15) is 23.2 Å². The van der Waals surface area contributed by atoms with Crippen LogP contribution in [0.4, 0.5) is 22.7 Å². The van der Waals surface area contributed by atoms with Crippen LogP contribution in [-0.2, 0) is 0 Å². The Kier molecular flexibility index (Phi) is 5.57. The molecule has 4 aromatic rings. The number of benzene rings is 3. The second kappa shape index (κ2) is 8.86. The molecule has 1 saturated heterocycles. The lowest BCUT2D eigenvalue weighted by molar-refractivity contribution is -0.384. The smallest absolute Gasteiger partial charge is 0.293 e. The third kappa shape index (κ3) is 4.26. The van der Waals surface area contributed by atoms with Crippen LogP contribution in [-0.4, -0.2) is 33.8 Å². The van der Waals surface area contributed by atoms with Gasteiger partial charge in [0.25, 0.3) is 17.3 Å². The standard InChI is InChI=1S/C24H19N5O6/c30-23(15-7-9-20(21(13-15)29(33)34)27-11-3-4-12-27)25-18-6-2-1-5-17(18)24-26-19-14-16(28(31)32)8-10-22(19)35-24/h1-2,5-10,13-14H,3-4,11-12H2,(H,25,30). The van der Waals surface area contributed by atoms with Gasteiger partial charge in [-0.3, -0.25) is 25.0 Å². The van der Waals surface area contributed by atoms with Gasteiger partial charge in [-0.1, -0.05) is 12.1 Å². The van der Waals surface area contributed by atoms with Crippen molar-refractivity contribution in [3.8, 4) is 11.5 Å². The number of amides is 1. The van der Waals surface area contributed by atoms with Gasteiger partial charge in [-0.25, -0.2) is 4.98 Å². The number of carbonyl (C=O) groups is 1. The Morgan fingerprint density at radius 1 is 0.971 bits per heavy atom. The summed E-state index contributed by atoms with van der Waals surface area (Å²) in [4.78, 5) is 41.1. The highest BCUT2D eigenvalue weighted by molar-refractivity contribution is 6.06. The third-order valence-electron chi connectivity index (χ3n) is 5.87. The first kappa shape index (κ1) is 22.0. The highest BCUT2D eigenvalue weighted by Gasteiger charge is 2.24. The first-order chi connectivity index (χ1) is 16.9. The molecular formula is C24H19N5O6. The molecule has 1 aromatic heterocycles. The highest BCUT2D eigenvalue weighted by Crippen LogP contribution is 2.34. The van der Waals surface area contributed by atoms with Crippen LogP contribution in [0.25, 0.3) is 22.6 Å². The Balaban J connectivity index is 1.45. The van der Waals surface area contributed by atoms with Crippen molar-refractivity contribution in [3.05, 3.63) is 86.5 Å². The molecule has 35 heavy (non-hydrogen) atoms. The number of nitrogens with zero attached hydrogens (tertiary/aromatic N) is 4. The lowest BCUT2D eigenvalue weighted by atomic mass is 10.1. The molecule has 1 aliphatic rings. The largest absolute Gasteiger partial charge is 0.436 e. The van der Waals surface area contributed by atoms with Crippen molar-refractivity contribution in [2.75, 3.05) is 23.3 Å². The van der Waals surface area contributed by atoms with Crippen molar-refractivity contribution in [3.63, 3.8) is 0 Å². The molecule has 1 fully saturated rings. The van der Waals surface area contributed by atoms with Crippen molar-refractivity contribution in [1.82, 2.24) is 4.98 Å². The van der Waals surface area contributed by atoms with Crippen molar-refractivity contribution in [1.29, 1.82) is 0 Å². The maximum atomic E-state index is 13.0. The van der Waals surface area contributed by atoms with Crippen LogP contribution in [0.5, 0.6) is 0 Å². The molecule has 5 rings (SSSR count). The molecule has 0 atom stereocenters. The SMILES string of the molecule is O=C(Nc1ccccc1-c1nc2cc([N+](=O)[O-])ccc2o1)c1ccc(N2CCCC2)c([N+](=O)[O-])c1. The molecule has 0 unspecified atom stereocenters. The maximum absolute atomic E-state index is 13.0. The van der Waals surface area contributed by atoms with E-state index in [0.717, 1.165) is 25.9 Å². The number of aromatic nitrogens is 1. The van der Waals surface area contributed by atoms with Crippen LogP contribution < -0.4 is 10.2 Å². The van der Waals surface area contributed by atoms with Gasteiger partial charge in [-0.15, -0.1) is 0 Å². The van der Waals surface area contributed by atoms with Crippen LogP contribution >= 0.6 is 0 Å². The molecule has 1 N–H and O–H groups in total. The Labute approximate surface area is 198 Å². The lowest BCUT2D eigenvalue weighted by Gasteiger charge is -2.18. The normalized spacial score (nSPS) is 13.2. The van der Waals surface area contributed by atoms with Gasteiger partial charge in [0, 0.05) is 36.9 Å². The van der Waals surface area contributed by atoms with Gasteiger partial charge >= 0.3 is 0 Å². The van der Waals surface area contributed by atoms with E-state index in [0.29, 0.717) is 28.0 Å². The van der Waals surface area contributed by atoms with Gasteiger partial charge in [0.1, 0.15) is 11.2 Å². The summed E-state index contributed by atoms with van der Waals surface area (Å²) in [5.74, 6) is -0.355. The summed E-state index contributed by atoms with van der Waals surface area (Å²) in [5, 5.41) is 25.5. The monoisotopic (exact) mass is 473 g/mol. The average molecular weight is 473 g/mol. The predicted molar refractivity (Wildman–Crippen MR) is 129 cm³/mol. The van der Waals surface area contributed by atoms with E-state index in [1.165, 1.54) is 24.3 Å². The van der Waals surface area contributed by atoms with E-state index < -0.39 is 15.8 Å². The summed E-state index contributed by atoms with van der Waals surface area (Å²) in [6.07, 6.45) is 1.94. The summed E-state index contributed by atoms with van der Waals surface area (Å²) in [6, 6.07) is 15.3. The van der Waals surface area contributed by atoms with Crippen LogP contribution in [0.2, 0.25) is 0 Å². The van der Waals surface area contributed by atoms with Gasteiger partial charge in [0.15, 0.2) is 5.58 Å². The minimum absolute atomic E-state index is 0.113. The van der Waals surface area contributed by atoms with Gasteiger partial charge in [-0.05, 0) is 43.2 Å². The van der Waals surface area contributed by atoms with E-state index in [4.69, 9.17) is 4.42 Å². The van der Waals surface area contributed by atoms with E-state index in [2.05, 4.69) is 10.3 Å². The van der Waals surface area contributed by atoms with E-state index >= 15 is 0 Å². The molecule has 0 bridgehead atoms. The van der Waals surface area contributed by atoms with Crippen molar-refractivity contribution in [2.24, 2.45) is 0 Å². The fourth-order valence-electron chi connectivity index (χ4n) is 4.15. The number of nitro groups is 2. The number of rotatable bonds is 6. The maximum Gasteiger partial charge on any atom is 0.293 e. The lowest BCUT2D eigenvalue weighted by Crippen LogP contribution is -2.20. The number of fused-ring (bicyclic) bond motifs is 1. The zero-order valence-electron chi connectivity index (χ0n) is 18.3. The summed E-state index contributed by atoms with van der Waals surface area (Å²) in [6.45, 7) is 1.49. The number of hydrogen-bond acceptors (Lipinski definition) is 8. The minimum Gasteiger partial charge on any atom is -0.436 e. The number of non-ortho nitro benzene ring substituents is 1. The number of carbonyl (C=O) groups excluding carboxylic acids is 1. The van der Waals surface area contributed by atoms with Gasteiger partial charge in [-0.2, -0.15) is 0 Å². The molecule has 11 heteroatoms. The summed E-state index contributed by atoms with van der Waals surface area (Å²) in [7, 11) is 0. The summed E-state index contributed by atoms with van der Waals surface area (Å²) < 4.78 is 5.76. The average Bonchev–Trinajstić information content (AvgIpc) is 3.53. The molecule has 1 amide bonds. The van der Waals surface area contributed by atoms with Crippen molar-refractivity contribution >= 4 is 39.8 Å². The van der Waals surface area contributed by atoms with Gasteiger partial charge in [0.05, 0.1) is 21.1 Å². The number of para-hydroxylation sites is 1. The number of nitro benzene ring substituents is 2. The first-order valence-electron chi connectivity index (χ1n) is 10.9. The predicted octanol–water partition coefficient (Wildman–Crippen LogP) is 5.16. The highest BCUT2D eigenvalue weighted by atomic mass is 16.6. The van der Waals surface area contributed by atoms with Crippen LogP contribution in [0, 0.1) is 20.2 Å². The third-order valence-corrected chi connectivity index (χ3v) is 5.87. The summed E-state index contributed by atoms with van der Waals surface area (Å²) in [5.41, 5.74) is 1.93. The molecule has 3 aromatic carbocycles. The number of hydrogen-bond donors (Lipinski definition) is 1. The van der Waals surface area contributed by atoms with Gasteiger partial charge in [0.2, 0.25) is 5.89 Å². The summed E-state index contributed by atoms with van der Waals surface area (Å²) >= 11 is 0. The molecule has 0 aliphatic carbocycles. The Bertz CT molecular complexity index is 1470. The molecule has 1 aliphatic heterocycles. The fraction of sp³-hybridized carbons (Fsp3) is 0.167. The van der Waals surface area contributed by atoms with Gasteiger partial charge < -0.3 is 14.6 Å². The first-order valence-corrected chi connectivity index (χ1v) is 10.9. The van der Waals surface area contributed by atoms with Crippen molar-refractivity contribution < 1.29 is 19.1 Å². The second-order valence-electron chi connectivity index (χ2n) is 8.08. The van der Waals surface area contributed by atoms with E-state index in [-0.39, 0.29) is 22.8 Å². The second-order valence-corrected chi connectivity index (χ2v) is 8.08. The Morgan fingerprint density at radius 2 is 1.74 bits per heavy atom. The molecule has 0 spiro atoms.